The molecule has 1 heterocycles. The third kappa shape index (κ3) is 2.24. The lowest BCUT2D eigenvalue weighted by Crippen LogP contribution is -2.63. The highest BCUT2D eigenvalue weighted by Crippen LogP contribution is 2.67. The van der Waals surface area contributed by atoms with Gasteiger partial charge in [-0.15, -0.1) is 0 Å². The Hall–Kier alpha value is -4.02. The molecule has 4 heteroatoms. The van der Waals surface area contributed by atoms with Gasteiger partial charge in [0.2, 0.25) is 0 Å². The van der Waals surface area contributed by atoms with Gasteiger partial charge in [-0.2, -0.15) is 0 Å². The lowest BCUT2D eigenvalue weighted by Gasteiger charge is -2.45. The third-order valence-electron chi connectivity index (χ3n) is 8.71. The minimum Gasteiger partial charge on any atom is -0.497 e. The van der Waals surface area contributed by atoms with Gasteiger partial charge in [-0.3, -0.25) is 14.5 Å². The average Bonchev–Trinajstić information content (AvgIpc) is 3.47. The van der Waals surface area contributed by atoms with Crippen molar-refractivity contribution in [3.05, 3.63) is 125 Å². The second-order valence-electron chi connectivity index (χ2n) is 10.0. The van der Waals surface area contributed by atoms with E-state index in [-0.39, 0.29) is 17.5 Å². The minimum atomic E-state index is -1.37. The molecule has 0 bridgehead atoms. The second kappa shape index (κ2) is 7.25. The number of hydrogen-bond donors (Lipinski definition) is 0. The van der Waals surface area contributed by atoms with Crippen LogP contribution in [0.1, 0.15) is 43.3 Å². The van der Waals surface area contributed by atoms with E-state index < -0.39 is 11.0 Å². The Balaban J connectivity index is 1.62. The summed E-state index contributed by atoms with van der Waals surface area (Å²) in [7, 11) is 3.60. The number of benzene rings is 4. The lowest BCUT2D eigenvalue weighted by atomic mass is 9.56. The number of hydrogen-bond acceptors (Lipinski definition) is 4. The van der Waals surface area contributed by atoms with Crippen LogP contribution in [0.5, 0.6) is 5.75 Å². The molecule has 0 N–H and O–H groups in total. The highest BCUT2D eigenvalue weighted by molar-refractivity contribution is 6.35. The summed E-state index contributed by atoms with van der Waals surface area (Å²) < 4.78 is 5.43. The first-order valence-electron chi connectivity index (χ1n) is 12.3. The molecule has 0 saturated carbocycles. The van der Waals surface area contributed by atoms with Crippen molar-refractivity contribution < 1.29 is 14.3 Å². The Morgan fingerprint density at radius 1 is 0.694 bits per heavy atom. The fourth-order valence-corrected chi connectivity index (χ4v) is 7.40. The van der Waals surface area contributed by atoms with E-state index in [0.717, 1.165) is 33.6 Å². The normalized spacial score (nSPS) is 20.6. The second-order valence-corrected chi connectivity index (χ2v) is 10.0. The first-order chi connectivity index (χ1) is 17.6. The predicted octanol–water partition coefficient (Wildman–Crippen LogP) is 5.51. The molecule has 3 aliphatic rings. The summed E-state index contributed by atoms with van der Waals surface area (Å²) in [5.41, 5.74) is 4.16. The number of rotatable bonds is 2. The minimum absolute atomic E-state index is 0.104. The number of ketones is 2. The van der Waals surface area contributed by atoms with Crippen LogP contribution in [0.3, 0.4) is 0 Å². The van der Waals surface area contributed by atoms with Gasteiger partial charge in [0.25, 0.3) is 0 Å². The predicted molar refractivity (Wildman–Crippen MR) is 139 cm³/mol. The summed E-state index contributed by atoms with van der Waals surface area (Å²) in [6, 6.07) is 32.0. The molecule has 0 unspecified atom stereocenters. The van der Waals surface area contributed by atoms with Gasteiger partial charge in [0.05, 0.1) is 12.5 Å². The average molecular weight is 472 g/mol. The van der Waals surface area contributed by atoms with E-state index in [9.17, 15) is 9.59 Å². The summed E-state index contributed by atoms with van der Waals surface area (Å²) in [5.74, 6) is 0.447. The largest absolute Gasteiger partial charge is 0.497 e. The van der Waals surface area contributed by atoms with E-state index in [1.807, 2.05) is 60.5 Å². The van der Waals surface area contributed by atoms with Crippen molar-refractivity contribution in [2.24, 2.45) is 0 Å². The van der Waals surface area contributed by atoms with E-state index in [0.29, 0.717) is 17.7 Å². The number of carbonyl (C=O) groups is 2. The summed E-state index contributed by atoms with van der Waals surface area (Å²) in [4.78, 5) is 31.3. The lowest BCUT2D eigenvalue weighted by molar-refractivity contribution is 0.0549. The summed E-state index contributed by atoms with van der Waals surface area (Å²) in [6.07, 6.45) is 0. The van der Waals surface area contributed by atoms with Gasteiger partial charge in [0, 0.05) is 23.6 Å². The molecule has 1 atom stereocenters. The van der Waals surface area contributed by atoms with Gasteiger partial charge in [0.1, 0.15) is 5.75 Å². The summed E-state index contributed by atoms with van der Waals surface area (Å²) >= 11 is 0. The van der Waals surface area contributed by atoms with Crippen molar-refractivity contribution in [2.75, 3.05) is 20.7 Å². The molecule has 2 aliphatic carbocycles. The molecule has 1 fully saturated rings. The highest BCUT2D eigenvalue weighted by atomic mass is 16.5. The SMILES string of the molecule is COc1ccc([C@H]2CN(C)C3(C(=O)c4ccccc4C3=O)C23c2ccccc2-c2ccccc23)cc1. The van der Waals surface area contributed by atoms with Crippen LogP contribution in [-0.2, 0) is 5.41 Å². The topological polar surface area (TPSA) is 46.6 Å². The number of carbonyl (C=O) groups excluding carboxylic acids is 2. The molecule has 176 valence electrons. The Morgan fingerprint density at radius 3 is 1.67 bits per heavy atom. The molecule has 0 aromatic heterocycles. The Bertz CT molecular complexity index is 1490. The number of likely N-dealkylation sites (tertiary alicyclic amines) is 1. The van der Waals surface area contributed by atoms with Gasteiger partial charge < -0.3 is 4.74 Å². The van der Waals surface area contributed by atoms with E-state index in [2.05, 4.69) is 36.4 Å². The molecule has 4 nitrogen and oxygen atoms in total. The zero-order valence-electron chi connectivity index (χ0n) is 20.2. The Labute approximate surface area is 210 Å². The van der Waals surface area contributed by atoms with Crippen molar-refractivity contribution in [3.63, 3.8) is 0 Å². The molecular weight excluding hydrogens is 446 g/mol. The maximum atomic E-state index is 14.6. The van der Waals surface area contributed by atoms with Gasteiger partial charge in [0.15, 0.2) is 17.1 Å². The van der Waals surface area contributed by atoms with E-state index in [1.54, 1.807) is 19.2 Å². The molecule has 0 amide bonds. The number of methoxy groups -OCH3 is 1. The van der Waals surface area contributed by atoms with Gasteiger partial charge >= 0.3 is 0 Å². The van der Waals surface area contributed by atoms with Crippen molar-refractivity contribution in [1.82, 2.24) is 4.90 Å². The first-order valence-corrected chi connectivity index (χ1v) is 12.3. The van der Waals surface area contributed by atoms with Gasteiger partial charge in [-0.25, -0.2) is 0 Å². The van der Waals surface area contributed by atoms with E-state index in [4.69, 9.17) is 4.74 Å². The molecule has 1 aliphatic heterocycles. The van der Waals surface area contributed by atoms with Crippen LogP contribution in [0.2, 0.25) is 0 Å². The zero-order valence-corrected chi connectivity index (χ0v) is 20.2. The van der Waals surface area contributed by atoms with Crippen molar-refractivity contribution >= 4 is 11.6 Å². The number of likely N-dealkylation sites (N-methyl/N-ethyl adjacent to an activating group) is 1. The zero-order chi connectivity index (χ0) is 24.7. The molecule has 0 radical (unpaired) electrons. The number of Topliss-reactive ketones (excluding diaryl/α,β-unsaturated/α-hetero) is 2. The molecule has 4 aromatic rings. The van der Waals surface area contributed by atoms with Gasteiger partial charge in [-0.1, -0.05) is 84.9 Å². The molecule has 36 heavy (non-hydrogen) atoms. The maximum Gasteiger partial charge on any atom is 0.193 e. The molecule has 2 spiro atoms. The first kappa shape index (κ1) is 21.3. The standard InChI is InChI=1S/C32H25NO3/c1-33-19-28(20-15-17-21(36-2)18-16-20)31(32(33)29(34)24-11-3-4-12-25(24)30(32)35)26-13-7-5-9-22(26)23-10-6-8-14-27(23)31/h3-18,28H,19H2,1-2H3/t28-/m1/s1. The van der Waals surface area contributed by atoms with Crippen LogP contribution in [0.25, 0.3) is 11.1 Å². The Morgan fingerprint density at radius 2 is 1.17 bits per heavy atom. The van der Waals surface area contributed by atoms with Crippen LogP contribution in [0.15, 0.2) is 97.1 Å². The fourth-order valence-electron chi connectivity index (χ4n) is 7.40. The maximum absolute atomic E-state index is 14.6. The van der Waals surface area contributed by atoms with E-state index in [1.165, 1.54) is 0 Å². The third-order valence-corrected chi connectivity index (χ3v) is 8.71. The number of nitrogens with zero attached hydrogens (tertiary/aromatic N) is 1. The summed E-state index contributed by atoms with van der Waals surface area (Å²) in [6.45, 7) is 0.570. The molecule has 4 aromatic carbocycles. The Kier molecular flexibility index (Phi) is 4.28. The molecule has 7 rings (SSSR count). The highest BCUT2D eigenvalue weighted by Gasteiger charge is 2.76. The number of fused-ring (bicyclic) bond motifs is 7. The van der Waals surface area contributed by atoms with E-state index >= 15 is 0 Å². The van der Waals surface area contributed by atoms with Gasteiger partial charge in [-0.05, 0) is 47.0 Å². The smallest absolute Gasteiger partial charge is 0.193 e. The van der Waals surface area contributed by atoms with Crippen molar-refractivity contribution in [3.8, 4) is 16.9 Å². The van der Waals surface area contributed by atoms with Crippen LogP contribution < -0.4 is 4.74 Å². The summed E-state index contributed by atoms with van der Waals surface area (Å²) in [5, 5.41) is 0. The fraction of sp³-hybridized carbons (Fsp3) is 0.188. The molecule has 1 saturated heterocycles. The van der Waals surface area contributed by atoms with Crippen LogP contribution in [-0.4, -0.2) is 42.7 Å². The van der Waals surface area contributed by atoms with Crippen LogP contribution in [0, 0.1) is 0 Å². The van der Waals surface area contributed by atoms with Crippen molar-refractivity contribution in [1.29, 1.82) is 0 Å². The molecular formula is C32H25NO3. The van der Waals surface area contributed by atoms with Crippen LogP contribution in [0.4, 0.5) is 0 Å². The quantitative estimate of drug-likeness (QED) is 0.362. The number of ether oxygens (including phenoxy) is 1. The monoisotopic (exact) mass is 471 g/mol. The van der Waals surface area contributed by atoms with Crippen LogP contribution >= 0.6 is 0 Å². The van der Waals surface area contributed by atoms with Crippen molar-refractivity contribution in [2.45, 2.75) is 16.9 Å².